The highest BCUT2D eigenvalue weighted by Gasteiger charge is 2.47. The number of hydrogen-bond donors (Lipinski definition) is 0. The summed E-state index contributed by atoms with van der Waals surface area (Å²) in [5, 5.41) is 0. The Bertz CT molecular complexity index is 1880. The number of allylic oxidation sites excluding steroid dienone is 9. The van der Waals surface area contributed by atoms with Gasteiger partial charge in [-0.2, -0.15) is 0 Å². The van der Waals surface area contributed by atoms with E-state index in [9.17, 15) is 14.4 Å². The number of carbonyl (C=O) groups is 3. The molecule has 3 aromatic rings. The van der Waals surface area contributed by atoms with E-state index in [1.54, 1.807) is 12.2 Å². The molecule has 4 aliphatic rings. The second kappa shape index (κ2) is 26.1. The second-order valence-corrected chi connectivity index (χ2v) is 18.3. The van der Waals surface area contributed by atoms with Gasteiger partial charge in [-0.25, -0.2) is 0 Å². The number of ketones is 3. The summed E-state index contributed by atoms with van der Waals surface area (Å²) >= 11 is 0. The fraction of sp³-hybridized carbons (Fsp3) is 0.456. The Balaban J connectivity index is 0.000000178. The van der Waals surface area contributed by atoms with Crippen LogP contribution in [0.25, 0.3) is 0 Å². The molecule has 0 N–H and O–H groups in total. The maximum atomic E-state index is 12.1. The molecule has 2 saturated carbocycles. The minimum absolute atomic E-state index is 0.140. The number of ether oxygens (including phenoxy) is 3. The van der Waals surface area contributed by atoms with Crippen molar-refractivity contribution < 1.29 is 28.6 Å². The molecule has 0 spiro atoms. The number of carbonyl (C=O) groups excluding carboxylic acids is 3. The van der Waals surface area contributed by atoms with E-state index in [0.29, 0.717) is 91.8 Å². The lowest BCUT2D eigenvalue weighted by Gasteiger charge is -2.36. The SMILES string of the molecule is C/C=C/C=C/C(=O)C[C@H](C)/C=C\COCc1ccccc1.C[C@@H]1C=C[C@@H]2C(=O)C[C@H](C)[C@H]2[C@H]1COCc1ccccc1.C[C@@H]1C=C[C@H]2C(=O)C[C@H](C)[C@H]2[C@H]1COCc1ccccc1. The summed E-state index contributed by atoms with van der Waals surface area (Å²) in [6, 6.07) is 30.7. The summed E-state index contributed by atoms with van der Waals surface area (Å²) in [5.74, 6) is 5.32. The van der Waals surface area contributed by atoms with Crippen LogP contribution < -0.4 is 0 Å². The van der Waals surface area contributed by atoms with E-state index >= 15 is 0 Å². The molecule has 63 heavy (non-hydrogen) atoms. The van der Waals surface area contributed by atoms with Gasteiger partial charge in [0.05, 0.1) is 39.6 Å². The quantitative estimate of drug-likeness (QED) is 0.0582. The van der Waals surface area contributed by atoms with Gasteiger partial charge in [-0.15, -0.1) is 0 Å². The molecule has 11 atom stereocenters. The molecular weight excluding hydrogens is 781 g/mol. The Morgan fingerprint density at radius 3 is 1.48 bits per heavy atom. The van der Waals surface area contributed by atoms with Gasteiger partial charge in [0.1, 0.15) is 11.6 Å². The second-order valence-electron chi connectivity index (χ2n) is 18.3. The lowest BCUT2D eigenvalue weighted by Crippen LogP contribution is -2.34. The van der Waals surface area contributed by atoms with Gasteiger partial charge >= 0.3 is 0 Å². The molecule has 4 aliphatic carbocycles. The fourth-order valence-corrected chi connectivity index (χ4v) is 9.87. The van der Waals surface area contributed by atoms with Crippen molar-refractivity contribution in [1.82, 2.24) is 0 Å². The highest BCUT2D eigenvalue weighted by Crippen LogP contribution is 2.47. The molecule has 336 valence electrons. The molecule has 6 nitrogen and oxygen atoms in total. The first-order valence-corrected chi connectivity index (χ1v) is 23.3. The van der Waals surface area contributed by atoms with Crippen molar-refractivity contribution in [3.8, 4) is 0 Å². The summed E-state index contributed by atoms with van der Waals surface area (Å²) < 4.78 is 17.5. The normalized spacial score (nSPS) is 27.8. The first kappa shape index (κ1) is 49.3. The fourth-order valence-electron chi connectivity index (χ4n) is 9.87. The average Bonchev–Trinajstić information content (AvgIpc) is 3.75. The monoisotopic (exact) mass is 853 g/mol. The van der Waals surface area contributed by atoms with Gasteiger partial charge in [0.15, 0.2) is 5.78 Å². The Hall–Kier alpha value is -4.75. The Morgan fingerprint density at radius 2 is 1.05 bits per heavy atom. The first-order chi connectivity index (χ1) is 30.5. The van der Waals surface area contributed by atoms with E-state index in [2.05, 4.69) is 76.3 Å². The van der Waals surface area contributed by atoms with Crippen molar-refractivity contribution in [2.75, 3.05) is 19.8 Å². The third-order valence-electron chi connectivity index (χ3n) is 13.3. The van der Waals surface area contributed by atoms with Crippen molar-refractivity contribution in [3.63, 3.8) is 0 Å². The largest absolute Gasteiger partial charge is 0.376 e. The maximum Gasteiger partial charge on any atom is 0.156 e. The summed E-state index contributed by atoms with van der Waals surface area (Å²) in [6.07, 6.45) is 21.9. The van der Waals surface area contributed by atoms with Gasteiger partial charge in [0, 0.05) is 31.1 Å². The van der Waals surface area contributed by atoms with Gasteiger partial charge in [0.25, 0.3) is 0 Å². The molecule has 0 heterocycles. The molecular formula is C57H72O6. The maximum absolute atomic E-state index is 12.1. The van der Waals surface area contributed by atoms with E-state index in [0.717, 1.165) is 26.1 Å². The number of Topliss-reactive ketones (excluding diaryl/α,β-unsaturated/α-hetero) is 2. The Labute approximate surface area is 378 Å². The van der Waals surface area contributed by atoms with E-state index in [1.165, 1.54) is 16.7 Å². The zero-order chi connectivity index (χ0) is 45.0. The molecule has 0 aromatic heterocycles. The first-order valence-electron chi connectivity index (χ1n) is 23.3. The van der Waals surface area contributed by atoms with E-state index < -0.39 is 0 Å². The zero-order valence-electron chi connectivity index (χ0n) is 38.6. The van der Waals surface area contributed by atoms with Gasteiger partial charge in [-0.1, -0.05) is 180 Å². The number of benzene rings is 3. The van der Waals surface area contributed by atoms with E-state index in [4.69, 9.17) is 14.2 Å². The van der Waals surface area contributed by atoms with Crippen molar-refractivity contribution in [2.24, 2.45) is 65.1 Å². The van der Waals surface area contributed by atoms with Crippen LogP contribution >= 0.6 is 0 Å². The van der Waals surface area contributed by atoms with Crippen LogP contribution in [0.3, 0.4) is 0 Å². The summed E-state index contributed by atoms with van der Waals surface area (Å²) in [6.45, 7) is 16.9. The zero-order valence-corrected chi connectivity index (χ0v) is 38.6. The predicted octanol–water partition coefficient (Wildman–Crippen LogP) is 12.2. The van der Waals surface area contributed by atoms with Gasteiger partial charge in [-0.3, -0.25) is 14.4 Å². The van der Waals surface area contributed by atoms with Crippen LogP contribution in [0.1, 0.15) is 77.5 Å². The van der Waals surface area contributed by atoms with Crippen molar-refractivity contribution in [3.05, 3.63) is 168 Å². The number of rotatable bonds is 17. The summed E-state index contributed by atoms with van der Waals surface area (Å²) in [7, 11) is 0. The minimum atomic E-state index is 0.140. The third kappa shape index (κ3) is 15.5. The van der Waals surface area contributed by atoms with Crippen LogP contribution in [0.4, 0.5) is 0 Å². The van der Waals surface area contributed by atoms with Crippen molar-refractivity contribution >= 4 is 17.3 Å². The molecule has 0 aliphatic heterocycles. The van der Waals surface area contributed by atoms with Crippen LogP contribution in [0.5, 0.6) is 0 Å². The van der Waals surface area contributed by atoms with Gasteiger partial charge in [0.2, 0.25) is 0 Å². The molecule has 0 saturated heterocycles. The summed E-state index contributed by atoms with van der Waals surface area (Å²) in [5.41, 5.74) is 3.59. The van der Waals surface area contributed by atoms with Crippen LogP contribution in [-0.2, 0) is 48.4 Å². The van der Waals surface area contributed by atoms with Crippen LogP contribution in [-0.4, -0.2) is 37.2 Å². The number of fused-ring (bicyclic) bond motifs is 2. The molecule has 0 amide bonds. The van der Waals surface area contributed by atoms with Crippen LogP contribution in [0.2, 0.25) is 0 Å². The van der Waals surface area contributed by atoms with Crippen molar-refractivity contribution in [1.29, 1.82) is 0 Å². The molecule has 6 heteroatoms. The molecule has 0 unspecified atom stereocenters. The van der Waals surface area contributed by atoms with Crippen LogP contribution in [0, 0.1) is 65.1 Å². The van der Waals surface area contributed by atoms with E-state index in [-0.39, 0.29) is 23.5 Å². The summed E-state index contributed by atoms with van der Waals surface area (Å²) in [4.78, 5) is 35.8. The lowest BCUT2D eigenvalue weighted by molar-refractivity contribution is -0.121. The predicted molar refractivity (Wildman–Crippen MR) is 255 cm³/mol. The molecule has 2 fully saturated rings. The lowest BCUT2D eigenvalue weighted by atomic mass is 9.70. The average molecular weight is 853 g/mol. The Morgan fingerprint density at radius 1 is 0.619 bits per heavy atom. The minimum Gasteiger partial charge on any atom is -0.376 e. The molecule has 7 rings (SSSR count). The van der Waals surface area contributed by atoms with Crippen LogP contribution in [0.15, 0.2) is 152 Å². The smallest absolute Gasteiger partial charge is 0.156 e. The molecule has 0 bridgehead atoms. The highest BCUT2D eigenvalue weighted by atomic mass is 16.5. The third-order valence-corrected chi connectivity index (χ3v) is 13.3. The van der Waals surface area contributed by atoms with Crippen molar-refractivity contribution in [2.45, 2.75) is 80.6 Å². The highest BCUT2D eigenvalue weighted by molar-refractivity contribution is 5.90. The van der Waals surface area contributed by atoms with Gasteiger partial charge in [-0.05, 0) is 83.0 Å². The van der Waals surface area contributed by atoms with Gasteiger partial charge < -0.3 is 14.2 Å². The topological polar surface area (TPSA) is 78.9 Å². The van der Waals surface area contributed by atoms with E-state index in [1.807, 2.05) is 105 Å². The number of hydrogen-bond acceptors (Lipinski definition) is 6. The molecule has 0 radical (unpaired) electrons. The Kier molecular flexibility index (Phi) is 20.4. The standard InChI is InChI=1S/3C19H24O2/c2*1-13-8-9-16-18(20)10-14(2)19(16)17(13)12-21-11-15-6-4-3-5-7-15;1-3-4-6-13-19(20)15-17(2)10-9-14-21-16-18-11-7-5-8-12-18/h2*3-9,13-14,16-17,19H,10-12H2,1-2H3;3-13,17H,14-16H2,1-2H3/b;;4-3+,10-9-,13-6+/t13-,14+,16+,17+,19-;13-,14+,16-,17+,19-;17-/m111/s1. The molecule has 3 aromatic carbocycles.